The van der Waals surface area contributed by atoms with Crippen molar-refractivity contribution in [2.75, 3.05) is 19.9 Å². The molecule has 1 rings (SSSR count). The minimum atomic E-state index is -3.61. The van der Waals surface area contributed by atoms with Crippen LogP contribution in [0, 0.1) is 6.92 Å². The van der Waals surface area contributed by atoms with Gasteiger partial charge in [-0.15, -0.1) is 0 Å². The fourth-order valence-corrected chi connectivity index (χ4v) is 2.36. The van der Waals surface area contributed by atoms with Crippen LogP contribution >= 0.6 is 0 Å². The SMILES string of the molecule is CON(C)S(=O)(=O)c1cc(N)ccc1C. The van der Waals surface area contributed by atoms with Crippen molar-refractivity contribution in [2.24, 2.45) is 0 Å². The van der Waals surface area contributed by atoms with Crippen LogP contribution in [-0.4, -0.2) is 27.0 Å². The lowest BCUT2D eigenvalue weighted by molar-refractivity contribution is -0.0258. The largest absolute Gasteiger partial charge is 0.399 e. The van der Waals surface area contributed by atoms with Crippen LogP contribution in [0.15, 0.2) is 23.1 Å². The molecule has 0 bridgehead atoms. The lowest BCUT2D eigenvalue weighted by Gasteiger charge is -2.15. The summed E-state index contributed by atoms with van der Waals surface area (Å²) in [6.07, 6.45) is 0. The fourth-order valence-electron chi connectivity index (χ4n) is 1.13. The van der Waals surface area contributed by atoms with Gasteiger partial charge >= 0.3 is 0 Å². The van der Waals surface area contributed by atoms with E-state index in [1.54, 1.807) is 19.1 Å². The summed E-state index contributed by atoms with van der Waals surface area (Å²) >= 11 is 0. The van der Waals surface area contributed by atoms with E-state index in [1.165, 1.54) is 20.2 Å². The molecule has 1 aromatic carbocycles. The monoisotopic (exact) mass is 230 g/mol. The molecule has 0 amide bonds. The van der Waals surface area contributed by atoms with E-state index < -0.39 is 10.0 Å². The molecular formula is C9H14N2O3S. The van der Waals surface area contributed by atoms with Crippen LogP contribution in [0.5, 0.6) is 0 Å². The molecule has 1 aromatic rings. The van der Waals surface area contributed by atoms with Gasteiger partial charge in [-0.25, -0.2) is 8.42 Å². The van der Waals surface area contributed by atoms with Gasteiger partial charge in [0.05, 0.1) is 12.0 Å². The van der Waals surface area contributed by atoms with Gasteiger partial charge < -0.3 is 5.73 Å². The topological polar surface area (TPSA) is 72.6 Å². The molecule has 0 saturated carbocycles. The van der Waals surface area contributed by atoms with Crippen molar-refractivity contribution in [2.45, 2.75) is 11.8 Å². The van der Waals surface area contributed by atoms with Gasteiger partial charge in [-0.2, -0.15) is 0 Å². The Morgan fingerprint density at radius 1 is 1.40 bits per heavy atom. The average molecular weight is 230 g/mol. The van der Waals surface area contributed by atoms with E-state index in [-0.39, 0.29) is 4.90 Å². The number of rotatable bonds is 3. The molecule has 84 valence electrons. The molecule has 0 aliphatic rings. The van der Waals surface area contributed by atoms with Gasteiger partial charge in [0.15, 0.2) is 0 Å². The summed E-state index contributed by atoms with van der Waals surface area (Å²) < 4.78 is 24.6. The van der Waals surface area contributed by atoms with Crippen LogP contribution in [0.1, 0.15) is 5.56 Å². The average Bonchev–Trinajstić information content (AvgIpc) is 2.20. The van der Waals surface area contributed by atoms with Crippen molar-refractivity contribution in [3.05, 3.63) is 23.8 Å². The number of nitrogen functional groups attached to an aromatic ring is 1. The van der Waals surface area contributed by atoms with Crippen LogP contribution < -0.4 is 5.73 Å². The Labute approximate surface area is 89.5 Å². The number of hydroxylamine groups is 1. The van der Waals surface area contributed by atoms with Crippen molar-refractivity contribution < 1.29 is 13.3 Å². The zero-order chi connectivity index (χ0) is 11.6. The molecule has 5 nitrogen and oxygen atoms in total. The number of hydrogen-bond donors (Lipinski definition) is 1. The number of benzene rings is 1. The predicted molar refractivity (Wildman–Crippen MR) is 57.5 cm³/mol. The molecule has 0 heterocycles. The lowest BCUT2D eigenvalue weighted by atomic mass is 10.2. The van der Waals surface area contributed by atoms with Crippen LogP contribution in [0.25, 0.3) is 0 Å². The highest BCUT2D eigenvalue weighted by Gasteiger charge is 2.22. The molecule has 0 aromatic heterocycles. The first-order valence-electron chi connectivity index (χ1n) is 4.28. The minimum Gasteiger partial charge on any atom is -0.399 e. The molecular weight excluding hydrogens is 216 g/mol. The van der Waals surface area contributed by atoms with E-state index in [1.807, 2.05) is 0 Å². The van der Waals surface area contributed by atoms with Crippen molar-refractivity contribution in [1.29, 1.82) is 0 Å². The second kappa shape index (κ2) is 4.18. The Hall–Kier alpha value is -1.11. The number of hydrogen-bond acceptors (Lipinski definition) is 4. The maximum absolute atomic E-state index is 11.9. The third-order valence-corrected chi connectivity index (χ3v) is 3.91. The van der Waals surface area contributed by atoms with E-state index in [9.17, 15) is 8.42 Å². The first kappa shape index (κ1) is 12.0. The number of aryl methyl sites for hydroxylation is 1. The van der Waals surface area contributed by atoms with Crippen LogP contribution in [0.4, 0.5) is 5.69 Å². The quantitative estimate of drug-likeness (QED) is 0.614. The Kier molecular flexibility index (Phi) is 3.33. The number of nitrogens with zero attached hydrogens (tertiary/aromatic N) is 1. The summed E-state index contributed by atoms with van der Waals surface area (Å²) in [6, 6.07) is 4.73. The number of anilines is 1. The summed E-state index contributed by atoms with van der Waals surface area (Å²) in [5, 5.41) is 0. The molecule has 0 atom stereocenters. The summed E-state index contributed by atoms with van der Waals surface area (Å²) in [5.74, 6) is 0. The van der Waals surface area contributed by atoms with Crippen molar-refractivity contribution in [3.8, 4) is 0 Å². The smallest absolute Gasteiger partial charge is 0.265 e. The van der Waals surface area contributed by atoms with E-state index in [4.69, 9.17) is 5.73 Å². The molecule has 0 saturated heterocycles. The summed E-state index contributed by atoms with van der Waals surface area (Å²) in [4.78, 5) is 4.83. The van der Waals surface area contributed by atoms with Gasteiger partial charge in [0.1, 0.15) is 0 Å². The Balaban J connectivity index is 3.33. The second-order valence-corrected chi connectivity index (χ2v) is 5.03. The van der Waals surface area contributed by atoms with Crippen molar-refractivity contribution in [3.63, 3.8) is 0 Å². The first-order chi connectivity index (χ1) is 6.89. The molecule has 0 aliphatic heterocycles. The molecule has 0 radical (unpaired) electrons. The zero-order valence-corrected chi connectivity index (χ0v) is 9.71. The molecule has 6 heteroatoms. The standard InChI is InChI=1S/C9H14N2O3S/c1-7-4-5-8(10)6-9(7)15(12,13)11(2)14-3/h4-6H,10H2,1-3H3. The first-order valence-corrected chi connectivity index (χ1v) is 5.72. The van der Waals surface area contributed by atoms with Crippen molar-refractivity contribution in [1.82, 2.24) is 4.47 Å². The van der Waals surface area contributed by atoms with Gasteiger partial charge in [-0.05, 0) is 24.6 Å². The highest BCUT2D eigenvalue weighted by Crippen LogP contribution is 2.21. The van der Waals surface area contributed by atoms with Gasteiger partial charge in [0, 0.05) is 12.7 Å². The Bertz CT molecular complexity index is 456. The fraction of sp³-hybridized carbons (Fsp3) is 0.333. The van der Waals surface area contributed by atoms with E-state index in [0.717, 1.165) is 4.47 Å². The molecule has 2 N–H and O–H groups in total. The number of sulfonamides is 1. The molecule has 15 heavy (non-hydrogen) atoms. The maximum atomic E-state index is 11.9. The van der Waals surface area contributed by atoms with Crippen LogP contribution in [0.3, 0.4) is 0 Å². The highest BCUT2D eigenvalue weighted by molar-refractivity contribution is 7.89. The third-order valence-electron chi connectivity index (χ3n) is 2.09. The predicted octanol–water partition coefficient (Wildman–Crippen LogP) is 0.759. The van der Waals surface area contributed by atoms with Crippen LogP contribution in [-0.2, 0) is 14.9 Å². The minimum absolute atomic E-state index is 0.159. The second-order valence-electron chi connectivity index (χ2n) is 3.12. The summed E-state index contributed by atoms with van der Waals surface area (Å²) in [5.41, 5.74) is 6.58. The third kappa shape index (κ3) is 2.28. The normalized spacial score (nSPS) is 12.0. The van der Waals surface area contributed by atoms with Gasteiger partial charge in [-0.1, -0.05) is 10.5 Å². The molecule has 0 aliphatic carbocycles. The van der Waals surface area contributed by atoms with Gasteiger partial charge in [0.25, 0.3) is 10.0 Å². The highest BCUT2D eigenvalue weighted by atomic mass is 32.2. The molecule has 0 spiro atoms. The molecule has 0 fully saturated rings. The summed E-state index contributed by atoms with van der Waals surface area (Å²) in [6.45, 7) is 1.70. The summed E-state index contributed by atoms with van der Waals surface area (Å²) in [7, 11) is -0.989. The molecule has 0 unspecified atom stereocenters. The Morgan fingerprint density at radius 2 is 2.00 bits per heavy atom. The van der Waals surface area contributed by atoms with E-state index in [0.29, 0.717) is 11.3 Å². The van der Waals surface area contributed by atoms with Crippen molar-refractivity contribution >= 4 is 15.7 Å². The van der Waals surface area contributed by atoms with Gasteiger partial charge in [-0.3, -0.25) is 4.84 Å². The number of nitrogens with two attached hydrogens (primary N) is 1. The van der Waals surface area contributed by atoms with E-state index >= 15 is 0 Å². The van der Waals surface area contributed by atoms with Gasteiger partial charge in [0.2, 0.25) is 0 Å². The maximum Gasteiger partial charge on any atom is 0.265 e. The Morgan fingerprint density at radius 3 is 2.53 bits per heavy atom. The lowest BCUT2D eigenvalue weighted by Crippen LogP contribution is -2.26. The van der Waals surface area contributed by atoms with E-state index in [2.05, 4.69) is 4.84 Å². The zero-order valence-electron chi connectivity index (χ0n) is 8.89. The van der Waals surface area contributed by atoms with Crippen LogP contribution in [0.2, 0.25) is 0 Å².